The van der Waals surface area contributed by atoms with Crippen molar-refractivity contribution in [3.05, 3.63) is 0 Å². The first-order valence-corrected chi connectivity index (χ1v) is 6.75. The van der Waals surface area contributed by atoms with E-state index >= 15 is 0 Å². The molecule has 0 unspecified atom stereocenters. The number of alkyl halides is 3. The number of amides is 1. The van der Waals surface area contributed by atoms with Gasteiger partial charge in [0.05, 0.1) is 0 Å². The first-order valence-electron chi connectivity index (χ1n) is 6.75. The van der Waals surface area contributed by atoms with Gasteiger partial charge in [-0.3, -0.25) is 4.79 Å². The minimum absolute atomic E-state index is 0.00334. The summed E-state index contributed by atoms with van der Waals surface area (Å²) in [6, 6.07) is 0. The minimum Gasteiger partial charge on any atom is -0.333 e. The van der Waals surface area contributed by atoms with E-state index in [1.165, 1.54) is 0 Å². The van der Waals surface area contributed by atoms with E-state index in [1.54, 1.807) is 13.8 Å². The summed E-state index contributed by atoms with van der Waals surface area (Å²) in [6.07, 6.45) is -0.987. The van der Waals surface area contributed by atoms with Gasteiger partial charge in [0.2, 0.25) is 5.91 Å². The Labute approximate surface area is 112 Å². The Hall–Kier alpha value is -0.780. The maximum atomic E-state index is 12.5. The zero-order valence-corrected chi connectivity index (χ0v) is 11.6. The number of carbonyl (C=O) groups is 1. The lowest BCUT2D eigenvalue weighted by molar-refractivity contribution is -0.162. The minimum atomic E-state index is -4.36. The lowest BCUT2D eigenvalue weighted by Crippen LogP contribution is -2.47. The number of hydrogen-bond donors (Lipinski definition) is 1. The second-order valence-corrected chi connectivity index (χ2v) is 6.03. The van der Waals surface area contributed by atoms with Crippen LogP contribution in [0.2, 0.25) is 0 Å². The van der Waals surface area contributed by atoms with E-state index in [0.717, 1.165) is 30.6 Å². The summed E-state index contributed by atoms with van der Waals surface area (Å²) in [5.74, 6) is -0.473. The lowest BCUT2D eigenvalue weighted by Gasteiger charge is -2.30. The predicted octanol–water partition coefficient (Wildman–Crippen LogP) is 2.69. The molecule has 1 fully saturated rings. The van der Waals surface area contributed by atoms with Crippen LogP contribution in [0.4, 0.5) is 13.2 Å². The summed E-state index contributed by atoms with van der Waals surface area (Å²) in [7, 11) is 0. The van der Waals surface area contributed by atoms with Crippen LogP contribution < -0.4 is 5.73 Å². The van der Waals surface area contributed by atoms with Crippen molar-refractivity contribution in [1.82, 2.24) is 4.90 Å². The van der Waals surface area contributed by atoms with Gasteiger partial charge in [0, 0.05) is 18.5 Å². The van der Waals surface area contributed by atoms with Crippen LogP contribution in [0.5, 0.6) is 0 Å². The molecule has 19 heavy (non-hydrogen) atoms. The zero-order chi connectivity index (χ0) is 14.7. The Morgan fingerprint density at radius 1 is 1.32 bits per heavy atom. The number of rotatable bonds is 5. The van der Waals surface area contributed by atoms with E-state index in [0.29, 0.717) is 0 Å². The number of nitrogens with two attached hydrogens (primary N) is 1. The van der Waals surface area contributed by atoms with Gasteiger partial charge in [-0.05, 0) is 18.8 Å². The molecule has 1 amide bonds. The van der Waals surface area contributed by atoms with Gasteiger partial charge in [-0.1, -0.05) is 26.7 Å². The van der Waals surface area contributed by atoms with Crippen molar-refractivity contribution in [3.8, 4) is 0 Å². The van der Waals surface area contributed by atoms with Crippen LogP contribution in [-0.4, -0.2) is 35.6 Å². The molecule has 6 heteroatoms. The third kappa shape index (κ3) is 5.80. The average Bonchev–Trinajstić information content (AvgIpc) is 2.60. The van der Waals surface area contributed by atoms with Gasteiger partial charge < -0.3 is 10.6 Å². The van der Waals surface area contributed by atoms with Crippen molar-refractivity contribution in [2.24, 2.45) is 11.7 Å². The number of halogens is 3. The average molecular weight is 280 g/mol. The van der Waals surface area contributed by atoms with Crippen molar-refractivity contribution in [1.29, 1.82) is 0 Å². The Morgan fingerprint density at radius 3 is 2.26 bits per heavy atom. The molecule has 1 saturated carbocycles. The molecule has 0 aromatic rings. The summed E-state index contributed by atoms with van der Waals surface area (Å²) < 4.78 is 37.5. The highest BCUT2D eigenvalue weighted by Crippen LogP contribution is 2.31. The van der Waals surface area contributed by atoms with Crippen LogP contribution in [-0.2, 0) is 4.79 Å². The van der Waals surface area contributed by atoms with Gasteiger partial charge >= 0.3 is 6.18 Å². The van der Waals surface area contributed by atoms with Crippen molar-refractivity contribution < 1.29 is 18.0 Å². The van der Waals surface area contributed by atoms with Crippen molar-refractivity contribution in [2.75, 3.05) is 13.1 Å². The molecular weight excluding hydrogens is 257 g/mol. The van der Waals surface area contributed by atoms with E-state index in [9.17, 15) is 18.0 Å². The highest BCUT2D eigenvalue weighted by molar-refractivity contribution is 5.77. The molecule has 1 rings (SSSR count). The number of carbonyl (C=O) groups excluding carboxylic acids is 1. The molecule has 1 aliphatic carbocycles. The smallest absolute Gasteiger partial charge is 0.333 e. The van der Waals surface area contributed by atoms with Gasteiger partial charge in [0.25, 0.3) is 0 Å². The molecule has 0 aliphatic heterocycles. The SMILES string of the molecule is CC(C)CN(CC(F)(F)F)C(=O)CC1(N)CCCC1. The van der Waals surface area contributed by atoms with Crippen LogP contribution in [0.25, 0.3) is 0 Å². The summed E-state index contributed by atoms with van der Waals surface area (Å²) in [5, 5.41) is 0. The van der Waals surface area contributed by atoms with Gasteiger partial charge in [0.1, 0.15) is 6.54 Å². The predicted molar refractivity (Wildman–Crippen MR) is 67.5 cm³/mol. The van der Waals surface area contributed by atoms with E-state index in [4.69, 9.17) is 5.73 Å². The molecule has 0 bridgehead atoms. The largest absolute Gasteiger partial charge is 0.406 e. The maximum Gasteiger partial charge on any atom is 0.406 e. The third-order valence-electron chi connectivity index (χ3n) is 3.41. The molecule has 1 aliphatic rings. The fourth-order valence-electron chi connectivity index (χ4n) is 2.58. The standard InChI is InChI=1S/C13H23F3N2O/c1-10(2)8-18(9-13(14,15)16)11(19)7-12(17)5-3-4-6-12/h10H,3-9,17H2,1-2H3. The molecule has 0 aromatic carbocycles. The lowest BCUT2D eigenvalue weighted by atomic mass is 9.94. The van der Waals surface area contributed by atoms with Gasteiger partial charge in [0.15, 0.2) is 0 Å². The van der Waals surface area contributed by atoms with Gasteiger partial charge in [-0.15, -0.1) is 0 Å². The molecule has 0 atom stereocenters. The molecular formula is C13H23F3N2O. The fraction of sp³-hybridized carbons (Fsp3) is 0.923. The summed E-state index contributed by atoms with van der Waals surface area (Å²) in [5.41, 5.74) is 5.46. The Balaban J connectivity index is 2.65. The molecule has 0 radical (unpaired) electrons. The van der Waals surface area contributed by atoms with Crippen molar-refractivity contribution in [3.63, 3.8) is 0 Å². The summed E-state index contributed by atoms with van der Waals surface area (Å²) in [6.45, 7) is 2.53. The maximum absolute atomic E-state index is 12.5. The first-order chi connectivity index (χ1) is 8.61. The molecule has 112 valence electrons. The van der Waals surface area contributed by atoms with Crippen LogP contribution >= 0.6 is 0 Å². The quantitative estimate of drug-likeness (QED) is 0.841. The van der Waals surface area contributed by atoms with Crippen LogP contribution in [0, 0.1) is 5.92 Å². The van der Waals surface area contributed by atoms with E-state index in [-0.39, 0.29) is 18.9 Å². The molecule has 0 spiro atoms. The molecule has 0 saturated heterocycles. The normalized spacial score (nSPS) is 18.9. The fourth-order valence-corrected chi connectivity index (χ4v) is 2.58. The summed E-state index contributed by atoms with van der Waals surface area (Å²) in [4.78, 5) is 13.0. The van der Waals surface area contributed by atoms with Crippen molar-refractivity contribution >= 4 is 5.91 Å². The van der Waals surface area contributed by atoms with E-state index < -0.39 is 24.2 Å². The Bertz CT molecular complexity index is 310. The van der Waals surface area contributed by atoms with Gasteiger partial charge in [-0.25, -0.2) is 0 Å². The van der Waals surface area contributed by atoms with Crippen molar-refractivity contribution in [2.45, 2.75) is 57.7 Å². The highest BCUT2D eigenvalue weighted by Gasteiger charge is 2.37. The van der Waals surface area contributed by atoms with Crippen LogP contribution in [0.3, 0.4) is 0 Å². The van der Waals surface area contributed by atoms with Crippen LogP contribution in [0.15, 0.2) is 0 Å². The van der Waals surface area contributed by atoms with Gasteiger partial charge in [-0.2, -0.15) is 13.2 Å². The molecule has 2 N–H and O–H groups in total. The first kappa shape index (κ1) is 16.3. The number of hydrogen-bond acceptors (Lipinski definition) is 2. The Morgan fingerprint density at radius 2 is 1.84 bits per heavy atom. The topological polar surface area (TPSA) is 46.3 Å². The zero-order valence-electron chi connectivity index (χ0n) is 11.6. The van der Waals surface area contributed by atoms with E-state index in [2.05, 4.69) is 0 Å². The van der Waals surface area contributed by atoms with E-state index in [1.807, 2.05) is 0 Å². The van der Waals surface area contributed by atoms with Crippen LogP contribution in [0.1, 0.15) is 46.0 Å². The molecule has 3 nitrogen and oxygen atoms in total. The Kier molecular flexibility index (Phi) is 5.24. The highest BCUT2D eigenvalue weighted by atomic mass is 19.4. The molecule has 0 aromatic heterocycles. The molecule has 0 heterocycles. The second-order valence-electron chi connectivity index (χ2n) is 6.03. The monoisotopic (exact) mass is 280 g/mol. The second kappa shape index (κ2) is 6.11. The summed E-state index contributed by atoms with van der Waals surface area (Å²) >= 11 is 0. The third-order valence-corrected chi connectivity index (χ3v) is 3.41. The number of nitrogens with zero attached hydrogens (tertiary/aromatic N) is 1.